The maximum Gasteiger partial charge on any atom is 0.225 e. The largest absolute Gasteiger partial charge is 0.507 e. The van der Waals surface area contributed by atoms with Crippen molar-refractivity contribution >= 4 is 28.9 Å². The number of amides is 1. The number of hydrogen-bond donors (Lipinski definition) is 5. The number of aliphatic hydroxyl groups is 3. The summed E-state index contributed by atoms with van der Waals surface area (Å²) in [5.41, 5.74) is 4.71. The Kier molecular flexibility index (Phi) is 8.15. The van der Waals surface area contributed by atoms with Gasteiger partial charge in [-0.1, -0.05) is 20.3 Å². The summed E-state index contributed by atoms with van der Waals surface area (Å²) in [6.07, 6.45) is 1.94. The van der Waals surface area contributed by atoms with Crippen molar-refractivity contribution in [2.75, 3.05) is 25.6 Å². The first kappa shape index (κ1) is 27.7. The molecule has 1 saturated carbocycles. The highest BCUT2D eigenvalue weighted by Crippen LogP contribution is 2.51. The molecule has 0 aliphatic heterocycles. The zero-order valence-electron chi connectivity index (χ0n) is 21.5. The van der Waals surface area contributed by atoms with Gasteiger partial charge in [-0.25, -0.2) is 0 Å². The molecule has 198 valence electrons. The molecular formula is C27H38N2O7. The van der Waals surface area contributed by atoms with Crippen LogP contribution < -0.4 is 10.6 Å². The van der Waals surface area contributed by atoms with Crippen LogP contribution in [0.2, 0.25) is 0 Å². The fourth-order valence-electron chi connectivity index (χ4n) is 5.71. The molecule has 2 aliphatic carbocycles. The molecular weight excluding hydrogens is 464 g/mol. The molecule has 3 rings (SSSR count). The van der Waals surface area contributed by atoms with Crippen molar-refractivity contribution in [2.45, 2.75) is 64.4 Å². The Labute approximate surface area is 211 Å². The molecule has 3 atom stereocenters. The molecule has 0 aromatic heterocycles. The summed E-state index contributed by atoms with van der Waals surface area (Å²) in [5.74, 6) is -4.59. The third kappa shape index (κ3) is 4.86. The minimum Gasteiger partial charge on any atom is -0.507 e. The summed E-state index contributed by atoms with van der Waals surface area (Å²) in [4.78, 5) is 39.8. The monoisotopic (exact) mass is 502 g/mol. The summed E-state index contributed by atoms with van der Waals surface area (Å²) >= 11 is 0. The van der Waals surface area contributed by atoms with Crippen LogP contribution in [0.15, 0.2) is 11.6 Å². The molecule has 0 saturated heterocycles. The lowest BCUT2D eigenvalue weighted by molar-refractivity contribution is -0.159. The number of aromatic hydroxyl groups is 1. The number of aryl methyl sites for hydroxylation is 1. The van der Waals surface area contributed by atoms with Gasteiger partial charge in [0.25, 0.3) is 0 Å². The van der Waals surface area contributed by atoms with E-state index in [0.717, 1.165) is 18.5 Å². The van der Waals surface area contributed by atoms with E-state index in [4.69, 9.17) is 5.73 Å². The summed E-state index contributed by atoms with van der Waals surface area (Å²) < 4.78 is 0. The van der Waals surface area contributed by atoms with Gasteiger partial charge >= 0.3 is 0 Å². The number of phenols is 1. The van der Waals surface area contributed by atoms with Gasteiger partial charge in [-0.15, -0.1) is 0 Å². The van der Waals surface area contributed by atoms with Crippen molar-refractivity contribution in [3.63, 3.8) is 0 Å². The number of fused-ring (bicyclic) bond motifs is 2. The Morgan fingerprint density at radius 2 is 1.92 bits per heavy atom. The Hall–Kier alpha value is -2.91. The van der Waals surface area contributed by atoms with Crippen LogP contribution in [0.25, 0.3) is 5.76 Å². The molecule has 0 spiro atoms. The summed E-state index contributed by atoms with van der Waals surface area (Å²) in [5, 5.41) is 43.5. The SMILES string of the molecule is CC(C)CCCc1cc(N(C)C)c2c(c1O)C(O)=C1C(=O)[C@](O)(C(=O)CC(N)=O)[C@H](CCO)C[C@@H]1C2. The number of benzene rings is 1. The number of aliphatic hydroxyl groups excluding tert-OH is 2. The number of nitrogens with two attached hydrogens (primary N) is 1. The smallest absolute Gasteiger partial charge is 0.225 e. The number of carbonyl (C=O) groups excluding carboxylic acids is 3. The number of carbonyl (C=O) groups is 3. The van der Waals surface area contributed by atoms with Crippen LogP contribution in [0.5, 0.6) is 5.75 Å². The number of nitrogens with zero attached hydrogens (tertiary/aromatic N) is 1. The molecule has 9 heteroatoms. The molecule has 1 fully saturated rings. The molecule has 36 heavy (non-hydrogen) atoms. The maximum atomic E-state index is 13.7. The molecule has 1 aromatic rings. The molecule has 0 heterocycles. The second-order valence-electron chi connectivity index (χ2n) is 10.7. The van der Waals surface area contributed by atoms with E-state index in [9.17, 15) is 34.8 Å². The van der Waals surface area contributed by atoms with E-state index in [-0.39, 0.29) is 36.3 Å². The molecule has 1 aromatic carbocycles. The highest BCUT2D eigenvalue weighted by Gasteiger charge is 2.57. The Balaban J connectivity index is 2.18. The van der Waals surface area contributed by atoms with Crippen molar-refractivity contribution in [3.8, 4) is 5.75 Å². The standard InChI is InChI=1S/C27H38N2O7/c1-14(2)6-5-7-15-12-19(29(3)4)18-11-16-10-17(8-9-30)27(36,20(31)13-21(28)32)26(35)22(16)25(34)23(18)24(15)33/h12,14,16-17,30,33-34,36H,5-11,13H2,1-4H3,(H2,28,32)/t16-,17-,27-/m1/s1. The maximum absolute atomic E-state index is 13.7. The first-order valence-corrected chi connectivity index (χ1v) is 12.5. The lowest BCUT2D eigenvalue weighted by atomic mass is 9.61. The first-order chi connectivity index (χ1) is 16.8. The van der Waals surface area contributed by atoms with Gasteiger partial charge in [-0.3, -0.25) is 14.4 Å². The predicted octanol–water partition coefficient (Wildman–Crippen LogP) is 2.03. The lowest BCUT2D eigenvalue weighted by Gasteiger charge is -2.44. The summed E-state index contributed by atoms with van der Waals surface area (Å²) in [6.45, 7) is 3.86. The summed E-state index contributed by atoms with van der Waals surface area (Å²) in [7, 11) is 3.73. The minimum absolute atomic E-state index is 0.0370. The number of primary amides is 1. The van der Waals surface area contributed by atoms with Crippen LogP contribution in [0.1, 0.15) is 62.6 Å². The van der Waals surface area contributed by atoms with E-state index in [1.165, 1.54) is 0 Å². The number of rotatable bonds is 10. The third-order valence-electron chi connectivity index (χ3n) is 7.51. The molecule has 1 amide bonds. The molecule has 6 N–H and O–H groups in total. The third-order valence-corrected chi connectivity index (χ3v) is 7.51. The van der Waals surface area contributed by atoms with Gasteiger partial charge in [0.1, 0.15) is 11.5 Å². The van der Waals surface area contributed by atoms with Gasteiger partial charge in [0.2, 0.25) is 11.7 Å². The normalized spacial score (nSPS) is 23.5. The second-order valence-corrected chi connectivity index (χ2v) is 10.7. The zero-order chi connectivity index (χ0) is 26.9. The number of hydrogen-bond acceptors (Lipinski definition) is 8. The van der Waals surface area contributed by atoms with Gasteiger partial charge in [0.15, 0.2) is 11.4 Å². The van der Waals surface area contributed by atoms with Crippen LogP contribution in [-0.4, -0.2) is 64.2 Å². The highest BCUT2D eigenvalue weighted by atomic mass is 16.3. The van der Waals surface area contributed by atoms with E-state index in [1.54, 1.807) is 0 Å². The van der Waals surface area contributed by atoms with Crippen LogP contribution in [-0.2, 0) is 27.2 Å². The average molecular weight is 503 g/mol. The zero-order valence-corrected chi connectivity index (χ0v) is 21.5. The van der Waals surface area contributed by atoms with E-state index < -0.39 is 47.1 Å². The van der Waals surface area contributed by atoms with Crippen molar-refractivity contribution in [1.29, 1.82) is 0 Å². The lowest BCUT2D eigenvalue weighted by Crippen LogP contribution is -2.59. The average Bonchev–Trinajstić information content (AvgIpc) is 2.77. The quantitative estimate of drug-likeness (QED) is 0.304. The fraction of sp³-hybridized carbons (Fsp3) is 0.593. The van der Waals surface area contributed by atoms with Crippen molar-refractivity contribution in [1.82, 2.24) is 0 Å². The topological polar surface area (TPSA) is 161 Å². The van der Waals surface area contributed by atoms with Crippen molar-refractivity contribution in [3.05, 3.63) is 28.3 Å². The van der Waals surface area contributed by atoms with Gasteiger partial charge in [0.05, 0.1) is 12.0 Å². The van der Waals surface area contributed by atoms with Crippen LogP contribution in [0.4, 0.5) is 5.69 Å². The van der Waals surface area contributed by atoms with E-state index >= 15 is 0 Å². The number of ketones is 2. The van der Waals surface area contributed by atoms with Gasteiger partial charge < -0.3 is 31.1 Å². The Morgan fingerprint density at radius 3 is 2.47 bits per heavy atom. The summed E-state index contributed by atoms with van der Waals surface area (Å²) in [6, 6.07) is 1.91. The number of anilines is 1. The van der Waals surface area contributed by atoms with E-state index in [2.05, 4.69) is 13.8 Å². The molecule has 9 nitrogen and oxygen atoms in total. The molecule has 0 radical (unpaired) electrons. The van der Waals surface area contributed by atoms with Crippen molar-refractivity contribution < 1.29 is 34.8 Å². The van der Waals surface area contributed by atoms with Gasteiger partial charge in [-0.2, -0.15) is 0 Å². The van der Waals surface area contributed by atoms with Gasteiger partial charge in [-0.05, 0) is 61.1 Å². The second kappa shape index (κ2) is 10.6. The van der Waals surface area contributed by atoms with Crippen molar-refractivity contribution in [2.24, 2.45) is 23.5 Å². The number of phenolic OH excluding ortho intramolecular Hbond substituents is 1. The minimum atomic E-state index is -2.59. The van der Waals surface area contributed by atoms with E-state index in [1.807, 2.05) is 25.1 Å². The predicted molar refractivity (Wildman–Crippen MR) is 136 cm³/mol. The molecule has 0 unspecified atom stereocenters. The van der Waals surface area contributed by atoms with Crippen LogP contribution in [0, 0.1) is 17.8 Å². The van der Waals surface area contributed by atoms with E-state index in [0.29, 0.717) is 29.9 Å². The number of Topliss-reactive ketones (excluding diaryl/α,β-unsaturated/α-hetero) is 2. The molecule has 2 aliphatic rings. The van der Waals surface area contributed by atoms with Gasteiger partial charge in [0, 0.05) is 37.9 Å². The van der Waals surface area contributed by atoms with Crippen LogP contribution >= 0.6 is 0 Å². The fourth-order valence-corrected chi connectivity index (χ4v) is 5.71. The van der Waals surface area contributed by atoms with Crippen LogP contribution in [0.3, 0.4) is 0 Å². The highest BCUT2D eigenvalue weighted by molar-refractivity contribution is 6.23. The Bertz CT molecular complexity index is 1090. The Morgan fingerprint density at radius 1 is 1.25 bits per heavy atom. The first-order valence-electron chi connectivity index (χ1n) is 12.5. The molecule has 0 bridgehead atoms.